The molecule has 52 heavy (non-hydrogen) atoms. The van der Waals surface area contributed by atoms with E-state index in [4.69, 9.17) is 16.7 Å². The maximum absolute atomic E-state index is 14.6. The summed E-state index contributed by atoms with van der Waals surface area (Å²) < 4.78 is 1.64. The second-order valence-corrected chi connectivity index (χ2v) is 14.0. The maximum atomic E-state index is 14.6. The standard InChI is InChI=1S/C41H47ClN6O4/c1-4-6-19-46(20-7-5-2)41(52)36-21-27(3)48(45-36)37-17-16-31(44-38(50)18-15-29-24-43-39-33(29)13-10-14-35(39)42)23-34(37)40(51)47-25-30-12-9-8-11-28(30)22-32(47)26-49/h8-14,16-17,21,23-24,32,43,49H,4-7,15,18-20,22,25-26H2,1-3H3,(H,44,50). The van der Waals surface area contributed by atoms with Crippen molar-refractivity contribution >= 4 is 45.9 Å². The van der Waals surface area contributed by atoms with Crippen LogP contribution >= 0.6 is 11.6 Å². The molecule has 2 aromatic heterocycles. The van der Waals surface area contributed by atoms with E-state index in [1.807, 2.05) is 60.5 Å². The Labute approximate surface area is 309 Å². The molecule has 5 aromatic rings. The SMILES string of the molecule is CCCCN(CCCC)C(=O)c1cc(C)n(-c2ccc(NC(=O)CCc3c[nH]c4c(Cl)cccc34)cc2C(=O)N2Cc3ccccc3CC2CO)n1. The van der Waals surface area contributed by atoms with Gasteiger partial charge in [-0.2, -0.15) is 5.10 Å². The van der Waals surface area contributed by atoms with Gasteiger partial charge in [0.05, 0.1) is 34.4 Å². The molecule has 11 heteroatoms. The number of aryl methyl sites for hydroxylation is 2. The van der Waals surface area contributed by atoms with Crippen LogP contribution in [0, 0.1) is 6.92 Å². The van der Waals surface area contributed by atoms with E-state index in [1.54, 1.807) is 33.8 Å². The van der Waals surface area contributed by atoms with E-state index < -0.39 is 6.04 Å². The largest absolute Gasteiger partial charge is 0.394 e. The van der Waals surface area contributed by atoms with Crippen molar-refractivity contribution in [2.24, 2.45) is 0 Å². The monoisotopic (exact) mass is 722 g/mol. The third-order valence-electron chi connectivity index (χ3n) is 9.89. The number of halogens is 1. The molecule has 6 rings (SSSR count). The molecule has 1 unspecified atom stereocenters. The maximum Gasteiger partial charge on any atom is 0.274 e. The Balaban J connectivity index is 1.31. The minimum atomic E-state index is -0.431. The van der Waals surface area contributed by atoms with Crippen molar-refractivity contribution in [3.8, 4) is 5.69 Å². The van der Waals surface area contributed by atoms with Gasteiger partial charge in [-0.25, -0.2) is 4.68 Å². The van der Waals surface area contributed by atoms with Crippen molar-refractivity contribution in [3.05, 3.63) is 112 Å². The summed E-state index contributed by atoms with van der Waals surface area (Å²) in [7, 11) is 0. The number of amides is 3. The van der Waals surface area contributed by atoms with Crippen molar-refractivity contribution in [2.45, 2.75) is 78.3 Å². The quantitative estimate of drug-likeness (QED) is 0.110. The Morgan fingerprint density at radius 2 is 1.75 bits per heavy atom. The lowest BCUT2D eigenvalue weighted by molar-refractivity contribution is -0.116. The van der Waals surface area contributed by atoms with E-state index >= 15 is 0 Å². The van der Waals surface area contributed by atoms with Crippen LogP contribution in [0.15, 0.2) is 72.9 Å². The lowest BCUT2D eigenvalue weighted by atomic mass is 9.93. The molecule has 272 valence electrons. The number of aromatic nitrogens is 3. The van der Waals surface area contributed by atoms with Crippen LogP contribution in [0.1, 0.15) is 89.2 Å². The molecule has 1 aliphatic rings. The highest BCUT2D eigenvalue weighted by Gasteiger charge is 2.32. The third-order valence-corrected chi connectivity index (χ3v) is 10.2. The zero-order chi connectivity index (χ0) is 36.8. The number of carbonyl (C=O) groups excluding carboxylic acids is 3. The van der Waals surface area contributed by atoms with Crippen molar-refractivity contribution in [1.29, 1.82) is 0 Å². The van der Waals surface area contributed by atoms with Crippen LogP contribution in [0.3, 0.4) is 0 Å². The minimum Gasteiger partial charge on any atom is -0.394 e. The lowest BCUT2D eigenvalue weighted by Gasteiger charge is -2.36. The first-order valence-electron chi connectivity index (χ1n) is 18.3. The summed E-state index contributed by atoms with van der Waals surface area (Å²) in [5.74, 6) is -0.637. The molecule has 0 fully saturated rings. The number of benzene rings is 3. The van der Waals surface area contributed by atoms with Crippen molar-refractivity contribution < 1.29 is 19.5 Å². The van der Waals surface area contributed by atoms with Gasteiger partial charge in [0.25, 0.3) is 11.8 Å². The number of aliphatic hydroxyl groups excluding tert-OH is 1. The Hall–Kier alpha value is -4.93. The normalized spacial score (nSPS) is 14.0. The molecule has 0 bridgehead atoms. The molecule has 3 N–H and O–H groups in total. The van der Waals surface area contributed by atoms with Crippen LogP contribution in [0.5, 0.6) is 0 Å². The molecule has 3 heterocycles. The van der Waals surface area contributed by atoms with Gasteiger partial charge in [0.2, 0.25) is 5.91 Å². The fourth-order valence-corrected chi connectivity index (χ4v) is 7.19. The summed E-state index contributed by atoms with van der Waals surface area (Å²) in [5, 5.41) is 19.8. The average molecular weight is 723 g/mol. The van der Waals surface area contributed by atoms with Crippen molar-refractivity contribution in [2.75, 3.05) is 25.0 Å². The van der Waals surface area contributed by atoms with E-state index in [2.05, 4.69) is 24.1 Å². The molecule has 0 aliphatic carbocycles. The number of para-hydroxylation sites is 1. The number of rotatable bonds is 14. The summed E-state index contributed by atoms with van der Waals surface area (Å²) in [6, 6.07) is 20.2. The number of H-pyrrole nitrogens is 1. The van der Waals surface area contributed by atoms with Gasteiger partial charge in [-0.05, 0) is 79.6 Å². The second-order valence-electron chi connectivity index (χ2n) is 13.6. The topological polar surface area (TPSA) is 124 Å². The number of hydrogen-bond acceptors (Lipinski definition) is 5. The van der Waals surface area contributed by atoms with Crippen LogP contribution in [-0.2, 0) is 24.2 Å². The van der Waals surface area contributed by atoms with Crippen LogP contribution in [0.4, 0.5) is 5.69 Å². The minimum absolute atomic E-state index is 0.133. The van der Waals surface area contributed by atoms with Crippen molar-refractivity contribution in [1.82, 2.24) is 24.6 Å². The molecule has 3 amide bonds. The highest BCUT2D eigenvalue weighted by atomic mass is 35.5. The van der Waals surface area contributed by atoms with Gasteiger partial charge in [0, 0.05) is 49.0 Å². The number of nitrogens with zero attached hydrogens (tertiary/aromatic N) is 4. The number of aromatic amines is 1. The van der Waals surface area contributed by atoms with Gasteiger partial charge in [-0.1, -0.05) is 74.7 Å². The Morgan fingerprint density at radius 3 is 2.48 bits per heavy atom. The Bertz CT molecular complexity index is 2060. The Kier molecular flexibility index (Phi) is 11.8. The van der Waals surface area contributed by atoms with E-state index in [0.717, 1.165) is 53.3 Å². The molecule has 3 aromatic carbocycles. The van der Waals surface area contributed by atoms with Crippen LogP contribution < -0.4 is 5.32 Å². The summed E-state index contributed by atoms with van der Waals surface area (Å²) in [6.45, 7) is 7.52. The van der Waals surface area contributed by atoms with Gasteiger partial charge < -0.3 is 25.2 Å². The van der Waals surface area contributed by atoms with Crippen LogP contribution in [-0.4, -0.2) is 73.1 Å². The summed E-state index contributed by atoms with van der Waals surface area (Å²) in [6.07, 6.45) is 6.88. The average Bonchev–Trinajstić information content (AvgIpc) is 3.76. The van der Waals surface area contributed by atoms with Crippen molar-refractivity contribution in [3.63, 3.8) is 0 Å². The summed E-state index contributed by atoms with van der Waals surface area (Å²) in [5.41, 5.74) is 6.22. The van der Waals surface area contributed by atoms with Gasteiger partial charge in [-0.15, -0.1) is 0 Å². The van der Waals surface area contributed by atoms with Gasteiger partial charge in [-0.3, -0.25) is 14.4 Å². The number of aliphatic hydroxyl groups is 1. The number of unbranched alkanes of at least 4 members (excludes halogenated alkanes) is 2. The number of fused-ring (bicyclic) bond motifs is 2. The highest BCUT2D eigenvalue weighted by molar-refractivity contribution is 6.35. The fourth-order valence-electron chi connectivity index (χ4n) is 6.96. The molecular formula is C41H47ClN6O4. The van der Waals surface area contributed by atoms with E-state index in [9.17, 15) is 19.5 Å². The summed E-state index contributed by atoms with van der Waals surface area (Å²) in [4.78, 5) is 48.4. The molecule has 0 spiro atoms. The van der Waals surface area contributed by atoms with E-state index in [0.29, 0.717) is 65.8 Å². The first-order valence-corrected chi connectivity index (χ1v) is 18.6. The second kappa shape index (κ2) is 16.6. The van der Waals surface area contributed by atoms with Gasteiger partial charge in [0.15, 0.2) is 5.69 Å². The number of anilines is 1. The first-order chi connectivity index (χ1) is 25.2. The number of nitrogens with one attached hydrogen (secondary N) is 2. The van der Waals surface area contributed by atoms with Crippen LogP contribution in [0.25, 0.3) is 16.6 Å². The highest BCUT2D eigenvalue weighted by Crippen LogP contribution is 2.30. The molecule has 0 saturated carbocycles. The fraction of sp³-hybridized carbons (Fsp3) is 0.366. The molecular weight excluding hydrogens is 676 g/mol. The van der Waals surface area contributed by atoms with Crippen LogP contribution in [0.2, 0.25) is 5.02 Å². The lowest BCUT2D eigenvalue weighted by Crippen LogP contribution is -2.46. The van der Waals surface area contributed by atoms with Gasteiger partial charge in [0.1, 0.15) is 0 Å². The smallest absolute Gasteiger partial charge is 0.274 e. The molecule has 0 radical (unpaired) electrons. The number of carbonyl (C=O) groups is 3. The predicted molar refractivity (Wildman–Crippen MR) is 205 cm³/mol. The van der Waals surface area contributed by atoms with E-state index in [-0.39, 0.29) is 30.7 Å². The van der Waals surface area contributed by atoms with E-state index in [1.165, 1.54) is 0 Å². The number of hydrogen-bond donors (Lipinski definition) is 3. The zero-order valence-corrected chi connectivity index (χ0v) is 30.9. The molecule has 1 aliphatic heterocycles. The third kappa shape index (κ3) is 7.93. The first kappa shape index (κ1) is 36.8. The Morgan fingerprint density at radius 1 is 1.00 bits per heavy atom. The molecule has 1 atom stereocenters. The molecule has 0 saturated heterocycles. The molecule has 10 nitrogen and oxygen atoms in total. The summed E-state index contributed by atoms with van der Waals surface area (Å²) >= 11 is 6.33. The zero-order valence-electron chi connectivity index (χ0n) is 30.1. The van der Waals surface area contributed by atoms with Gasteiger partial charge >= 0.3 is 0 Å². The predicted octanol–water partition coefficient (Wildman–Crippen LogP) is 7.49.